The molecular formula is C11H18N4O. The standard InChI is InChI=1S/C11H18N4O/c1-3-8(4-2)14-11(16)10-6-5-9(15-12)7-13-10/h5-8,15H,3-4,12H2,1-2H3,(H,14,16). The number of hydrogen-bond donors (Lipinski definition) is 3. The van der Waals surface area contributed by atoms with Crippen LogP contribution in [-0.2, 0) is 0 Å². The van der Waals surface area contributed by atoms with Crippen LogP contribution in [0, 0.1) is 0 Å². The van der Waals surface area contributed by atoms with Crippen LogP contribution in [0.25, 0.3) is 0 Å². The molecule has 16 heavy (non-hydrogen) atoms. The number of rotatable bonds is 5. The van der Waals surface area contributed by atoms with Gasteiger partial charge in [-0.05, 0) is 25.0 Å². The molecule has 0 radical (unpaired) electrons. The second-order valence-corrected chi connectivity index (χ2v) is 3.56. The number of aromatic nitrogens is 1. The summed E-state index contributed by atoms with van der Waals surface area (Å²) in [6.45, 7) is 4.09. The number of nitrogen functional groups attached to an aromatic ring is 1. The van der Waals surface area contributed by atoms with Gasteiger partial charge in [0.2, 0.25) is 0 Å². The van der Waals surface area contributed by atoms with Crippen LogP contribution < -0.4 is 16.6 Å². The fourth-order valence-electron chi connectivity index (χ4n) is 1.37. The second-order valence-electron chi connectivity index (χ2n) is 3.56. The average Bonchev–Trinajstić information content (AvgIpc) is 2.35. The highest BCUT2D eigenvalue weighted by Gasteiger charge is 2.11. The van der Waals surface area contributed by atoms with Crippen LogP contribution in [0.5, 0.6) is 0 Å². The van der Waals surface area contributed by atoms with Crippen molar-refractivity contribution in [3.05, 3.63) is 24.0 Å². The van der Waals surface area contributed by atoms with Gasteiger partial charge in [-0.25, -0.2) is 4.98 Å². The van der Waals surface area contributed by atoms with Gasteiger partial charge >= 0.3 is 0 Å². The first kappa shape index (κ1) is 12.4. The third-order valence-corrected chi connectivity index (χ3v) is 2.48. The Morgan fingerprint density at radius 3 is 2.56 bits per heavy atom. The van der Waals surface area contributed by atoms with E-state index in [1.807, 2.05) is 13.8 Å². The highest BCUT2D eigenvalue weighted by atomic mass is 16.1. The van der Waals surface area contributed by atoms with Gasteiger partial charge in [-0.3, -0.25) is 10.6 Å². The van der Waals surface area contributed by atoms with Crippen LogP contribution in [0.3, 0.4) is 0 Å². The largest absolute Gasteiger partial charge is 0.348 e. The van der Waals surface area contributed by atoms with Gasteiger partial charge in [0.1, 0.15) is 5.69 Å². The monoisotopic (exact) mass is 222 g/mol. The summed E-state index contributed by atoms with van der Waals surface area (Å²) in [4.78, 5) is 15.8. The fourth-order valence-corrected chi connectivity index (χ4v) is 1.37. The fraction of sp³-hybridized carbons (Fsp3) is 0.455. The molecule has 0 aliphatic carbocycles. The molecule has 1 rings (SSSR count). The topological polar surface area (TPSA) is 80.0 Å². The number of carbonyl (C=O) groups excluding carboxylic acids is 1. The highest BCUT2D eigenvalue weighted by Crippen LogP contribution is 2.05. The summed E-state index contributed by atoms with van der Waals surface area (Å²) < 4.78 is 0. The molecule has 1 heterocycles. The van der Waals surface area contributed by atoms with E-state index in [1.165, 1.54) is 6.20 Å². The first-order chi connectivity index (χ1) is 7.71. The maximum absolute atomic E-state index is 11.7. The number of amides is 1. The maximum atomic E-state index is 11.7. The predicted octanol–water partition coefficient (Wildman–Crippen LogP) is 1.29. The Hall–Kier alpha value is -1.62. The van der Waals surface area contributed by atoms with Crippen LogP contribution in [0.4, 0.5) is 5.69 Å². The van der Waals surface area contributed by atoms with E-state index in [0.717, 1.165) is 12.8 Å². The molecule has 0 aliphatic rings. The Labute approximate surface area is 95.4 Å². The zero-order valence-corrected chi connectivity index (χ0v) is 9.66. The molecule has 5 nitrogen and oxygen atoms in total. The summed E-state index contributed by atoms with van der Waals surface area (Å²) in [7, 11) is 0. The molecule has 0 saturated carbocycles. The van der Waals surface area contributed by atoms with E-state index >= 15 is 0 Å². The molecular weight excluding hydrogens is 204 g/mol. The van der Waals surface area contributed by atoms with Crippen molar-refractivity contribution in [1.82, 2.24) is 10.3 Å². The number of hydrazine groups is 1. The quantitative estimate of drug-likeness (QED) is 0.518. The number of nitrogens with two attached hydrogens (primary N) is 1. The van der Waals surface area contributed by atoms with Crippen LogP contribution in [-0.4, -0.2) is 16.9 Å². The molecule has 1 aromatic rings. The van der Waals surface area contributed by atoms with Crippen molar-refractivity contribution in [2.45, 2.75) is 32.7 Å². The Morgan fingerprint density at radius 2 is 2.12 bits per heavy atom. The third-order valence-electron chi connectivity index (χ3n) is 2.48. The smallest absolute Gasteiger partial charge is 0.270 e. The molecule has 0 unspecified atom stereocenters. The molecule has 0 saturated heterocycles. The van der Waals surface area contributed by atoms with Crippen molar-refractivity contribution in [3.63, 3.8) is 0 Å². The zero-order chi connectivity index (χ0) is 12.0. The van der Waals surface area contributed by atoms with Crippen molar-refractivity contribution in [3.8, 4) is 0 Å². The first-order valence-electron chi connectivity index (χ1n) is 5.44. The van der Waals surface area contributed by atoms with E-state index < -0.39 is 0 Å². The van der Waals surface area contributed by atoms with E-state index in [9.17, 15) is 4.79 Å². The summed E-state index contributed by atoms with van der Waals surface area (Å²) >= 11 is 0. The average molecular weight is 222 g/mol. The molecule has 1 aromatic heterocycles. The number of nitrogens with zero attached hydrogens (tertiary/aromatic N) is 1. The Balaban J connectivity index is 2.65. The number of nitrogens with one attached hydrogen (secondary N) is 2. The van der Waals surface area contributed by atoms with Crippen LogP contribution in [0.2, 0.25) is 0 Å². The molecule has 0 bridgehead atoms. The number of anilines is 1. The minimum absolute atomic E-state index is 0.141. The van der Waals surface area contributed by atoms with E-state index in [-0.39, 0.29) is 11.9 Å². The molecule has 1 amide bonds. The SMILES string of the molecule is CCC(CC)NC(=O)c1ccc(NN)cn1. The zero-order valence-electron chi connectivity index (χ0n) is 9.66. The summed E-state index contributed by atoms with van der Waals surface area (Å²) in [6.07, 6.45) is 3.37. The third kappa shape index (κ3) is 3.20. The van der Waals surface area contributed by atoms with Crippen molar-refractivity contribution < 1.29 is 4.79 Å². The molecule has 0 spiro atoms. The second kappa shape index (κ2) is 6.07. The van der Waals surface area contributed by atoms with Crippen molar-refractivity contribution >= 4 is 11.6 Å². The number of carbonyl (C=O) groups is 1. The van der Waals surface area contributed by atoms with E-state index in [0.29, 0.717) is 11.4 Å². The van der Waals surface area contributed by atoms with Gasteiger partial charge in [0, 0.05) is 6.04 Å². The lowest BCUT2D eigenvalue weighted by Crippen LogP contribution is -2.34. The Bertz CT molecular complexity index is 332. The van der Waals surface area contributed by atoms with E-state index in [2.05, 4.69) is 15.7 Å². The Kier molecular flexibility index (Phi) is 4.72. The van der Waals surface area contributed by atoms with Gasteiger partial charge in [0.05, 0.1) is 11.9 Å². The molecule has 88 valence electrons. The molecule has 0 atom stereocenters. The molecule has 0 aromatic carbocycles. The van der Waals surface area contributed by atoms with Crippen molar-refractivity contribution in [1.29, 1.82) is 0 Å². The van der Waals surface area contributed by atoms with Gasteiger partial charge in [0.25, 0.3) is 5.91 Å². The highest BCUT2D eigenvalue weighted by molar-refractivity contribution is 5.92. The van der Waals surface area contributed by atoms with Crippen LogP contribution in [0.15, 0.2) is 18.3 Å². The van der Waals surface area contributed by atoms with Crippen molar-refractivity contribution in [2.75, 3.05) is 5.43 Å². The predicted molar refractivity (Wildman–Crippen MR) is 63.9 cm³/mol. The van der Waals surface area contributed by atoms with E-state index in [4.69, 9.17) is 5.84 Å². The minimum Gasteiger partial charge on any atom is -0.348 e. The first-order valence-corrected chi connectivity index (χ1v) is 5.44. The van der Waals surface area contributed by atoms with Crippen LogP contribution in [0.1, 0.15) is 37.2 Å². The minimum atomic E-state index is -0.141. The summed E-state index contributed by atoms with van der Waals surface area (Å²) in [5.41, 5.74) is 3.55. The molecule has 5 heteroatoms. The van der Waals surface area contributed by atoms with Gasteiger partial charge < -0.3 is 10.7 Å². The van der Waals surface area contributed by atoms with Crippen LogP contribution >= 0.6 is 0 Å². The number of hydrogen-bond acceptors (Lipinski definition) is 4. The molecule has 0 aliphatic heterocycles. The number of pyridine rings is 1. The summed E-state index contributed by atoms with van der Waals surface area (Å²) in [5.74, 6) is 5.07. The normalized spacial score (nSPS) is 10.2. The lowest BCUT2D eigenvalue weighted by Gasteiger charge is -2.14. The molecule has 4 N–H and O–H groups in total. The van der Waals surface area contributed by atoms with Gasteiger partial charge in [-0.1, -0.05) is 13.8 Å². The lowest BCUT2D eigenvalue weighted by atomic mass is 10.1. The van der Waals surface area contributed by atoms with Gasteiger partial charge in [0.15, 0.2) is 0 Å². The van der Waals surface area contributed by atoms with Crippen molar-refractivity contribution in [2.24, 2.45) is 5.84 Å². The Morgan fingerprint density at radius 1 is 1.44 bits per heavy atom. The summed E-state index contributed by atoms with van der Waals surface area (Å²) in [6, 6.07) is 3.57. The molecule has 0 fully saturated rings. The van der Waals surface area contributed by atoms with E-state index in [1.54, 1.807) is 12.1 Å². The van der Waals surface area contributed by atoms with Gasteiger partial charge in [-0.2, -0.15) is 0 Å². The lowest BCUT2D eigenvalue weighted by molar-refractivity contribution is 0.0930. The van der Waals surface area contributed by atoms with Gasteiger partial charge in [-0.15, -0.1) is 0 Å². The summed E-state index contributed by atoms with van der Waals surface area (Å²) in [5, 5.41) is 2.92. The maximum Gasteiger partial charge on any atom is 0.270 e.